The van der Waals surface area contributed by atoms with Gasteiger partial charge in [0.05, 0.1) is 12.7 Å². The summed E-state index contributed by atoms with van der Waals surface area (Å²) in [5, 5.41) is 9.56. The minimum atomic E-state index is -0.748. The van der Waals surface area contributed by atoms with Crippen molar-refractivity contribution in [1.29, 1.82) is 0 Å². The fourth-order valence-corrected chi connectivity index (χ4v) is 2.01. The lowest BCUT2D eigenvalue weighted by Crippen LogP contribution is -2.36. The molecule has 0 spiro atoms. The van der Waals surface area contributed by atoms with E-state index in [2.05, 4.69) is 9.97 Å². The number of methoxy groups -OCH3 is 1. The van der Waals surface area contributed by atoms with E-state index in [1.54, 1.807) is 14.0 Å². The molecule has 21 heavy (non-hydrogen) atoms. The highest BCUT2D eigenvalue weighted by atomic mass is 16.5. The normalized spacial score (nSPS) is 12.2. The topological polar surface area (TPSA) is 115 Å². The number of hydrogen-bond donors (Lipinski definition) is 3. The van der Waals surface area contributed by atoms with Crippen LogP contribution >= 0.6 is 0 Å². The number of nitrogens with one attached hydrogen (secondary N) is 2. The Morgan fingerprint density at radius 2 is 2.05 bits per heavy atom. The largest absolute Gasteiger partial charge is 0.389 e. The molecule has 1 aromatic heterocycles. The van der Waals surface area contributed by atoms with Gasteiger partial charge < -0.3 is 19.7 Å². The molecule has 1 rings (SSSR count). The van der Waals surface area contributed by atoms with E-state index in [1.807, 2.05) is 0 Å². The quantitative estimate of drug-likeness (QED) is 0.583. The lowest BCUT2D eigenvalue weighted by Gasteiger charge is -2.20. The maximum Gasteiger partial charge on any atom is 0.325 e. The summed E-state index contributed by atoms with van der Waals surface area (Å²) >= 11 is 0. The molecule has 1 unspecified atom stereocenters. The first kappa shape index (κ1) is 17.1. The molecule has 0 saturated carbocycles. The molecule has 118 valence electrons. The third kappa shape index (κ3) is 5.16. The second-order valence-corrected chi connectivity index (χ2v) is 4.90. The van der Waals surface area contributed by atoms with Crippen molar-refractivity contribution < 1.29 is 14.6 Å². The Balaban J connectivity index is 2.61. The Labute approximate surface area is 121 Å². The standard InChI is InChI=1S/C13H21N3O5/c1-8-10(12(19)15-13(20)14-8)4-5-11(18)16(2)6-9(17)7-21-3/h9,17H,4-7H2,1-3H3,(H2,14,15,19,20). The zero-order valence-corrected chi connectivity index (χ0v) is 12.4. The van der Waals surface area contributed by atoms with Gasteiger partial charge in [-0.1, -0.05) is 0 Å². The van der Waals surface area contributed by atoms with Crippen LogP contribution < -0.4 is 11.2 Å². The van der Waals surface area contributed by atoms with Crippen molar-refractivity contribution in [3.05, 3.63) is 32.1 Å². The van der Waals surface area contributed by atoms with Crippen LogP contribution in [0.3, 0.4) is 0 Å². The number of aliphatic hydroxyl groups is 1. The first-order valence-electron chi connectivity index (χ1n) is 6.58. The number of carbonyl (C=O) groups excluding carboxylic acids is 1. The predicted molar refractivity (Wildman–Crippen MR) is 76.3 cm³/mol. The van der Waals surface area contributed by atoms with Gasteiger partial charge in [-0.2, -0.15) is 0 Å². The number of amides is 1. The molecule has 8 nitrogen and oxygen atoms in total. The Bertz CT molecular complexity index is 592. The van der Waals surface area contributed by atoms with Crippen molar-refractivity contribution in [3.8, 4) is 0 Å². The summed E-state index contributed by atoms with van der Waals surface area (Å²) in [4.78, 5) is 40.7. The maximum absolute atomic E-state index is 11.9. The second kappa shape index (κ2) is 7.75. The molecule has 8 heteroatoms. The fraction of sp³-hybridized carbons (Fsp3) is 0.615. The first-order chi connectivity index (χ1) is 9.85. The number of rotatable bonds is 7. The average molecular weight is 299 g/mol. The smallest absolute Gasteiger partial charge is 0.325 e. The molecule has 1 heterocycles. The van der Waals surface area contributed by atoms with Crippen LogP contribution in [0.5, 0.6) is 0 Å². The molecule has 0 aliphatic heterocycles. The van der Waals surface area contributed by atoms with Crippen LogP contribution in [0.1, 0.15) is 17.7 Å². The lowest BCUT2D eigenvalue weighted by molar-refractivity contribution is -0.131. The molecule has 1 aromatic rings. The van der Waals surface area contributed by atoms with Crippen molar-refractivity contribution in [2.24, 2.45) is 0 Å². The van der Waals surface area contributed by atoms with Gasteiger partial charge in [0.15, 0.2) is 0 Å². The molecule has 0 bridgehead atoms. The summed E-state index contributed by atoms with van der Waals surface area (Å²) in [5.74, 6) is -0.199. The van der Waals surface area contributed by atoms with Gasteiger partial charge in [-0.3, -0.25) is 14.6 Å². The Morgan fingerprint density at radius 1 is 1.38 bits per heavy atom. The van der Waals surface area contributed by atoms with E-state index in [-0.39, 0.29) is 31.9 Å². The molecular formula is C13H21N3O5. The minimum absolute atomic E-state index is 0.117. The number of nitrogens with zero attached hydrogens (tertiary/aromatic N) is 1. The van der Waals surface area contributed by atoms with Crippen molar-refractivity contribution in [3.63, 3.8) is 0 Å². The third-order valence-corrected chi connectivity index (χ3v) is 3.11. The number of hydrogen-bond acceptors (Lipinski definition) is 5. The number of aromatic amines is 2. The Kier molecular flexibility index (Phi) is 6.32. The van der Waals surface area contributed by atoms with Crippen LogP contribution in [-0.4, -0.2) is 59.3 Å². The van der Waals surface area contributed by atoms with E-state index in [0.717, 1.165) is 0 Å². The van der Waals surface area contributed by atoms with Crippen molar-refractivity contribution in [1.82, 2.24) is 14.9 Å². The monoisotopic (exact) mass is 299 g/mol. The van der Waals surface area contributed by atoms with Crippen LogP contribution in [0, 0.1) is 6.92 Å². The molecule has 0 radical (unpaired) electrons. The number of aliphatic hydroxyl groups excluding tert-OH is 1. The van der Waals surface area contributed by atoms with Crippen LogP contribution in [0.2, 0.25) is 0 Å². The van der Waals surface area contributed by atoms with Gasteiger partial charge in [-0.15, -0.1) is 0 Å². The van der Waals surface area contributed by atoms with E-state index < -0.39 is 17.4 Å². The summed E-state index contributed by atoms with van der Waals surface area (Å²) < 4.78 is 4.79. The second-order valence-electron chi connectivity index (χ2n) is 4.90. The molecule has 1 atom stereocenters. The van der Waals surface area contributed by atoms with Crippen molar-refractivity contribution >= 4 is 5.91 Å². The number of carbonyl (C=O) groups is 1. The summed E-state index contributed by atoms with van der Waals surface area (Å²) in [6, 6.07) is 0. The summed E-state index contributed by atoms with van der Waals surface area (Å²) in [7, 11) is 3.04. The summed E-state index contributed by atoms with van der Waals surface area (Å²) in [6.07, 6.45) is -0.407. The third-order valence-electron chi connectivity index (χ3n) is 3.11. The molecule has 3 N–H and O–H groups in total. The number of aryl methyl sites for hydroxylation is 1. The highest BCUT2D eigenvalue weighted by molar-refractivity contribution is 5.76. The Hall–Kier alpha value is -1.93. The molecule has 0 saturated heterocycles. The number of likely N-dealkylation sites (N-methyl/N-ethyl adjacent to an activating group) is 1. The molecule has 1 amide bonds. The van der Waals surface area contributed by atoms with Gasteiger partial charge in [-0.05, 0) is 13.3 Å². The highest BCUT2D eigenvalue weighted by Gasteiger charge is 2.15. The number of aromatic nitrogens is 2. The van der Waals surface area contributed by atoms with Crippen LogP contribution in [-0.2, 0) is 16.0 Å². The molecule has 0 fully saturated rings. The molecule has 0 aliphatic carbocycles. The van der Waals surface area contributed by atoms with E-state index in [9.17, 15) is 19.5 Å². The Morgan fingerprint density at radius 3 is 2.62 bits per heavy atom. The van der Waals surface area contributed by atoms with E-state index in [4.69, 9.17) is 4.74 Å². The minimum Gasteiger partial charge on any atom is -0.389 e. The summed E-state index contributed by atoms with van der Waals surface area (Å²) in [6.45, 7) is 1.92. The van der Waals surface area contributed by atoms with E-state index in [0.29, 0.717) is 11.3 Å². The zero-order valence-electron chi connectivity index (χ0n) is 12.4. The number of ether oxygens (including phenoxy) is 1. The molecular weight excluding hydrogens is 278 g/mol. The van der Waals surface area contributed by atoms with Gasteiger partial charge in [-0.25, -0.2) is 4.79 Å². The molecule has 0 aromatic carbocycles. The zero-order chi connectivity index (χ0) is 16.0. The first-order valence-corrected chi connectivity index (χ1v) is 6.58. The van der Waals surface area contributed by atoms with Crippen LogP contribution in [0.15, 0.2) is 9.59 Å². The van der Waals surface area contributed by atoms with Gasteiger partial charge in [0.25, 0.3) is 5.56 Å². The molecule has 0 aliphatic rings. The van der Waals surface area contributed by atoms with Gasteiger partial charge in [0.2, 0.25) is 5.91 Å². The van der Waals surface area contributed by atoms with Gasteiger partial charge in [0, 0.05) is 38.4 Å². The highest BCUT2D eigenvalue weighted by Crippen LogP contribution is 2.03. The summed E-state index contributed by atoms with van der Waals surface area (Å²) in [5.41, 5.74) is -0.203. The van der Waals surface area contributed by atoms with E-state index in [1.165, 1.54) is 12.0 Å². The SMILES string of the molecule is COCC(O)CN(C)C(=O)CCc1c(C)[nH]c(=O)[nH]c1=O. The van der Waals surface area contributed by atoms with Crippen molar-refractivity contribution in [2.45, 2.75) is 25.9 Å². The van der Waals surface area contributed by atoms with E-state index >= 15 is 0 Å². The number of H-pyrrole nitrogens is 2. The predicted octanol–water partition coefficient (Wildman–Crippen LogP) is -1.23. The fourth-order valence-electron chi connectivity index (χ4n) is 2.01. The van der Waals surface area contributed by atoms with Gasteiger partial charge >= 0.3 is 5.69 Å². The average Bonchev–Trinajstić information content (AvgIpc) is 2.37. The lowest BCUT2D eigenvalue weighted by atomic mass is 10.1. The maximum atomic E-state index is 11.9. The van der Waals surface area contributed by atoms with Crippen molar-refractivity contribution in [2.75, 3.05) is 27.3 Å². The van der Waals surface area contributed by atoms with Gasteiger partial charge in [0.1, 0.15) is 0 Å². The van der Waals surface area contributed by atoms with Crippen LogP contribution in [0.4, 0.5) is 0 Å². The van der Waals surface area contributed by atoms with Crippen LogP contribution in [0.25, 0.3) is 0 Å².